The molecule has 0 radical (unpaired) electrons. The minimum Gasteiger partial charge on any atom is -0.494 e. The van der Waals surface area contributed by atoms with Crippen LogP contribution in [0.1, 0.15) is 106 Å². The molecule has 1 aliphatic carbocycles. The minimum absolute atomic E-state index is 0.0224. The molecule has 0 unspecified atom stereocenters. The topological polar surface area (TPSA) is 55.5 Å². The quantitative estimate of drug-likeness (QED) is 0.0953. The van der Waals surface area contributed by atoms with E-state index < -0.39 is 5.60 Å². The van der Waals surface area contributed by atoms with Gasteiger partial charge in [0.25, 0.3) is 0 Å². The van der Waals surface area contributed by atoms with Gasteiger partial charge in [0.1, 0.15) is 11.4 Å². The van der Waals surface area contributed by atoms with Gasteiger partial charge in [-0.25, -0.2) is 0 Å². The molecule has 0 aliphatic heterocycles. The molecule has 3 nitrogen and oxygen atoms in total. The molecule has 0 fully saturated rings. The van der Waals surface area contributed by atoms with Gasteiger partial charge in [0.05, 0.1) is 6.61 Å². The van der Waals surface area contributed by atoms with E-state index in [1.54, 1.807) is 0 Å². The van der Waals surface area contributed by atoms with E-state index in [0.29, 0.717) is 12.8 Å². The smallest absolute Gasteiger partial charge is 0.125 e. The molecule has 206 valence electrons. The molecular weight excluding hydrogens is 454 g/mol. The fourth-order valence-electron chi connectivity index (χ4n) is 4.88. The molecule has 37 heavy (non-hydrogen) atoms. The van der Waals surface area contributed by atoms with Crippen molar-refractivity contribution in [2.24, 2.45) is 11.1 Å². The fourth-order valence-corrected chi connectivity index (χ4v) is 4.88. The van der Waals surface area contributed by atoms with Crippen LogP contribution in [0.25, 0.3) is 0 Å². The highest BCUT2D eigenvalue weighted by molar-refractivity contribution is 5.43. The molecule has 0 atom stereocenters. The molecule has 0 amide bonds. The predicted octanol–water partition coefficient (Wildman–Crippen LogP) is 8.49. The van der Waals surface area contributed by atoms with Gasteiger partial charge in [-0.2, -0.15) is 0 Å². The normalized spacial score (nSPS) is 14.9. The number of unbranched alkanes of at least 4 members (excludes halogenated alkanes) is 2. The zero-order valence-corrected chi connectivity index (χ0v) is 24.6. The Kier molecular flexibility index (Phi) is 15.3. The van der Waals surface area contributed by atoms with Gasteiger partial charge < -0.3 is 15.6 Å². The van der Waals surface area contributed by atoms with Crippen molar-refractivity contribution in [3.05, 3.63) is 71.1 Å². The Labute approximate surface area is 228 Å². The van der Waals surface area contributed by atoms with Crippen molar-refractivity contribution in [3.63, 3.8) is 0 Å². The Morgan fingerprint density at radius 1 is 1.08 bits per heavy atom. The van der Waals surface area contributed by atoms with Crippen LogP contribution in [0.5, 0.6) is 0 Å². The Morgan fingerprint density at radius 2 is 1.78 bits per heavy atom. The second-order valence-electron chi connectivity index (χ2n) is 10.1. The third-order valence-corrected chi connectivity index (χ3v) is 7.68. The highest BCUT2D eigenvalue weighted by atomic mass is 16.5. The number of nitrogens with two attached hydrogens (primary N) is 1. The first-order valence-electron chi connectivity index (χ1n) is 14.5. The Hall–Kier alpha value is -2.28. The average Bonchev–Trinajstić information content (AvgIpc) is 3.10. The zero-order chi connectivity index (χ0) is 27.7. The standard InChI is InChI=1S/C34H53NO2/c1-8-17-30(19-16-18-28(6)24-25-33(36,9-2)10-3)34(11-4,12-5)31-21-20-29(7)32(23-22-31)37-27-15-13-14-26-35/h16-18,21-23,36H,6,8-15,19-20,26-27,35H2,1-5,7H3/b18-16-,30-17+. The van der Waals surface area contributed by atoms with E-state index in [9.17, 15) is 5.11 Å². The highest BCUT2D eigenvalue weighted by Crippen LogP contribution is 2.46. The Balaban J connectivity index is 3.09. The molecular formula is C34H53NO2. The van der Waals surface area contributed by atoms with Gasteiger partial charge in [-0.1, -0.05) is 89.0 Å². The van der Waals surface area contributed by atoms with Crippen LogP contribution in [0.2, 0.25) is 0 Å². The van der Waals surface area contributed by atoms with Crippen molar-refractivity contribution in [3.8, 4) is 11.8 Å². The van der Waals surface area contributed by atoms with E-state index >= 15 is 0 Å². The Bertz CT molecular complexity index is 925. The summed E-state index contributed by atoms with van der Waals surface area (Å²) >= 11 is 0. The number of hydrogen-bond acceptors (Lipinski definition) is 3. The van der Waals surface area contributed by atoms with Crippen molar-refractivity contribution >= 4 is 0 Å². The molecule has 0 bridgehead atoms. The van der Waals surface area contributed by atoms with Crippen LogP contribution < -0.4 is 5.73 Å². The van der Waals surface area contributed by atoms with E-state index in [1.165, 1.54) is 16.7 Å². The SMILES string of the molecule is C=C(C#CC(O)(CC)CC)/C=C\C/C(=C\CC)C(CC)(CC)C1=CCC(C)=C(OCCCCCN)C=C1. The molecule has 3 N–H and O–H groups in total. The maximum absolute atomic E-state index is 10.4. The van der Waals surface area contributed by atoms with Crippen molar-refractivity contribution in [2.75, 3.05) is 13.2 Å². The summed E-state index contributed by atoms with van der Waals surface area (Å²) < 4.78 is 6.16. The minimum atomic E-state index is -0.929. The molecule has 0 spiro atoms. The molecule has 0 saturated carbocycles. The largest absolute Gasteiger partial charge is 0.494 e. The number of hydrogen-bond donors (Lipinski definition) is 2. The highest BCUT2D eigenvalue weighted by Gasteiger charge is 2.33. The van der Waals surface area contributed by atoms with E-state index in [1.807, 2.05) is 19.9 Å². The zero-order valence-electron chi connectivity index (χ0n) is 24.6. The summed E-state index contributed by atoms with van der Waals surface area (Å²) in [6.07, 6.45) is 22.7. The van der Waals surface area contributed by atoms with Gasteiger partial charge in [-0.15, -0.1) is 0 Å². The summed E-state index contributed by atoms with van der Waals surface area (Å²) in [7, 11) is 0. The lowest BCUT2D eigenvalue weighted by atomic mass is 9.68. The predicted molar refractivity (Wildman–Crippen MR) is 161 cm³/mol. The fraction of sp³-hybridized carbons (Fsp3) is 0.588. The number of aliphatic hydroxyl groups is 1. The van der Waals surface area contributed by atoms with Crippen molar-refractivity contribution in [2.45, 2.75) is 111 Å². The van der Waals surface area contributed by atoms with Gasteiger partial charge in [0, 0.05) is 11.0 Å². The maximum atomic E-state index is 10.4. The van der Waals surface area contributed by atoms with Gasteiger partial charge in [-0.05, 0) is 94.9 Å². The number of rotatable bonds is 16. The molecule has 1 aliphatic rings. The van der Waals surface area contributed by atoms with E-state index in [4.69, 9.17) is 10.5 Å². The summed E-state index contributed by atoms with van der Waals surface area (Å²) in [4.78, 5) is 0. The first-order chi connectivity index (χ1) is 17.8. The lowest BCUT2D eigenvalue weighted by Gasteiger charge is -2.36. The van der Waals surface area contributed by atoms with E-state index in [0.717, 1.165) is 75.9 Å². The van der Waals surface area contributed by atoms with Crippen LogP contribution in [0.4, 0.5) is 0 Å². The van der Waals surface area contributed by atoms with Gasteiger partial charge >= 0.3 is 0 Å². The first kappa shape index (κ1) is 32.7. The maximum Gasteiger partial charge on any atom is 0.125 e. The third-order valence-electron chi connectivity index (χ3n) is 7.68. The summed E-state index contributed by atoms with van der Waals surface area (Å²) in [5, 5.41) is 10.4. The van der Waals surface area contributed by atoms with E-state index in [-0.39, 0.29) is 5.41 Å². The lowest BCUT2D eigenvalue weighted by Crippen LogP contribution is -2.24. The van der Waals surface area contributed by atoms with Crippen LogP contribution in [-0.4, -0.2) is 23.9 Å². The molecule has 0 aromatic heterocycles. The lowest BCUT2D eigenvalue weighted by molar-refractivity contribution is 0.0931. The average molecular weight is 508 g/mol. The third kappa shape index (κ3) is 10.2. The van der Waals surface area contributed by atoms with Crippen LogP contribution in [-0.2, 0) is 4.74 Å². The molecule has 0 aromatic carbocycles. The van der Waals surface area contributed by atoms with Crippen LogP contribution in [0.15, 0.2) is 71.1 Å². The number of allylic oxidation sites excluding steroid dienone is 10. The monoisotopic (exact) mass is 507 g/mol. The van der Waals surface area contributed by atoms with Crippen LogP contribution in [0.3, 0.4) is 0 Å². The Morgan fingerprint density at radius 3 is 2.38 bits per heavy atom. The first-order valence-corrected chi connectivity index (χ1v) is 14.5. The molecule has 3 heteroatoms. The van der Waals surface area contributed by atoms with Gasteiger partial charge in [-0.3, -0.25) is 0 Å². The van der Waals surface area contributed by atoms with Crippen molar-refractivity contribution in [1.29, 1.82) is 0 Å². The molecule has 0 saturated heterocycles. The van der Waals surface area contributed by atoms with Gasteiger partial charge in [0.2, 0.25) is 0 Å². The van der Waals surface area contributed by atoms with Crippen molar-refractivity contribution < 1.29 is 9.84 Å². The molecule has 0 heterocycles. The second-order valence-corrected chi connectivity index (χ2v) is 10.1. The van der Waals surface area contributed by atoms with E-state index in [2.05, 4.69) is 76.5 Å². The summed E-state index contributed by atoms with van der Waals surface area (Å²) in [5.74, 6) is 7.07. The second kappa shape index (κ2) is 17.3. The van der Waals surface area contributed by atoms with Crippen LogP contribution >= 0.6 is 0 Å². The van der Waals surface area contributed by atoms with Crippen LogP contribution in [0, 0.1) is 17.3 Å². The van der Waals surface area contributed by atoms with Gasteiger partial charge in [0.15, 0.2) is 0 Å². The molecule has 0 aromatic rings. The summed E-state index contributed by atoms with van der Waals surface area (Å²) in [6, 6.07) is 0. The summed E-state index contributed by atoms with van der Waals surface area (Å²) in [5.41, 5.74) is 9.49. The molecule has 1 rings (SSSR count). The summed E-state index contributed by atoms with van der Waals surface area (Å²) in [6.45, 7) is 18.5. The number of ether oxygens (including phenoxy) is 1. The van der Waals surface area contributed by atoms with Crippen molar-refractivity contribution in [1.82, 2.24) is 0 Å².